The maximum absolute atomic E-state index is 14.1. The van der Waals surface area contributed by atoms with Gasteiger partial charge in [0.1, 0.15) is 18.2 Å². The van der Waals surface area contributed by atoms with Gasteiger partial charge in [0, 0.05) is 5.69 Å². The molecule has 0 radical (unpaired) electrons. The van der Waals surface area contributed by atoms with E-state index in [2.05, 4.69) is 5.32 Å². The van der Waals surface area contributed by atoms with Gasteiger partial charge in [-0.25, -0.2) is 9.38 Å². The van der Waals surface area contributed by atoms with E-state index in [1.807, 2.05) is 61.5 Å². The molecular weight excluding hydrogens is 617 g/mol. The standard InChI is InChI=1S/C37H32FN3O5S/c1-4-45-31-20-25(12-19-30(31)46-22-24-10-15-27(38)16-11-24)21-32-36(43)41-34(26-13-17-29(44-3)18-14-26)33(23(2)39-37(41)47-32)35(42)40-28-8-6-5-7-9-28/h5-21,34H,4,22H2,1-3H3,(H,40,42)/b32-21+/t34-/m0/s1. The van der Waals surface area contributed by atoms with Crippen LogP contribution in [0, 0.1) is 5.82 Å². The van der Waals surface area contributed by atoms with Crippen molar-refractivity contribution >= 4 is 29.0 Å². The van der Waals surface area contributed by atoms with E-state index in [0.717, 1.165) is 16.7 Å². The first kappa shape index (κ1) is 31.5. The molecule has 47 heavy (non-hydrogen) atoms. The number of carbonyl (C=O) groups is 1. The van der Waals surface area contributed by atoms with Crippen LogP contribution >= 0.6 is 11.3 Å². The van der Waals surface area contributed by atoms with E-state index in [-0.39, 0.29) is 23.9 Å². The second-order valence-electron chi connectivity index (χ2n) is 10.7. The molecule has 0 fully saturated rings. The Morgan fingerprint density at radius 3 is 2.43 bits per heavy atom. The largest absolute Gasteiger partial charge is 0.497 e. The van der Waals surface area contributed by atoms with Crippen LogP contribution in [0.2, 0.25) is 0 Å². The first-order valence-electron chi connectivity index (χ1n) is 15.0. The minimum atomic E-state index is -0.718. The number of hydrogen-bond acceptors (Lipinski definition) is 7. The van der Waals surface area contributed by atoms with Crippen molar-refractivity contribution in [1.82, 2.24) is 4.57 Å². The molecule has 4 aromatic carbocycles. The third-order valence-corrected chi connectivity index (χ3v) is 8.59. The number of benzene rings is 4. The Morgan fingerprint density at radius 1 is 0.979 bits per heavy atom. The van der Waals surface area contributed by atoms with Crippen LogP contribution in [0.15, 0.2) is 118 Å². The van der Waals surface area contributed by atoms with Gasteiger partial charge in [-0.2, -0.15) is 0 Å². The topological polar surface area (TPSA) is 91.2 Å². The minimum absolute atomic E-state index is 0.239. The summed E-state index contributed by atoms with van der Waals surface area (Å²) in [5, 5.41) is 2.96. The Balaban J connectivity index is 1.38. The van der Waals surface area contributed by atoms with Crippen molar-refractivity contribution in [2.45, 2.75) is 26.5 Å². The van der Waals surface area contributed by atoms with Crippen molar-refractivity contribution in [3.63, 3.8) is 0 Å². The van der Waals surface area contributed by atoms with Crippen molar-refractivity contribution in [2.24, 2.45) is 4.99 Å². The highest BCUT2D eigenvalue weighted by Crippen LogP contribution is 2.32. The highest BCUT2D eigenvalue weighted by atomic mass is 32.1. The number of rotatable bonds is 10. The second kappa shape index (κ2) is 13.9. The number of fused-ring (bicyclic) bond motifs is 1. The van der Waals surface area contributed by atoms with E-state index >= 15 is 0 Å². The molecule has 5 aromatic rings. The summed E-state index contributed by atoms with van der Waals surface area (Å²) in [5.41, 5.74) is 3.55. The average molecular weight is 650 g/mol. The molecule has 0 aliphatic carbocycles. The van der Waals surface area contributed by atoms with Crippen LogP contribution in [0.25, 0.3) is 6.08 Å². The van der Waals surface area contributed by atoms with Gasteiger partial charge in [0.15, 0.2) is 16.3 Å². The molecule has 0 unspecified atom stereocenters. The quantitative estimate of drug-likeness (QED) is 0.201. The smallest absolute Gasteiger partial charge is 0.271 e. The molecule has 10 heteroatoms. The predicted octanol–water partition coefficient (Wildman–Crippen LogP) is 6.00. The summed E-state index contributed by atoms with van der Waals surface area (Å²) in [6.07, 6.45) is 1.78. The zero-order chi connectivity index (χ0) is 32.9. The fourth-order valence-corrected chi connectivity index (χ4v) is 6.38. The van der Waals surface area contributed by atoms with Gasteiger partial charge < -0.3 is 19.5 Å². The number of allylic oxidation sites excluding steroid dienone is 1. The van der Waals surface area contributed by atoms with E-state index in [1.165, 1.54) is 23.5 Å². The zero-order valence-corrected chi connectivity index (χ0v) is 26.8. The van der Waals surface area contributed by atoms with E-state index in [4.69, 9.17) is 19.2 Å². The van der Waals surface area contributed by atoms with Gasteiger partial charge in [0.05, 0.1) is 35.6 Å². The lowest BCUT2D eigenvalue weighted by atomic mass is 9.95. The molecule has 0 spiro atoms. The monoisotopic (exact) mass is 649 g/mol. The normalized spacial score (nSPS) is 14.3. The van der Waals surface area contributed by atoms with E-state index in [9.17, 15) is 14.0 Å². The first-order valence-corrected chi connectivity index (χ1v) is 15.8. The van der Waals surface area contributed by atoms with Crippen molar-refractivity contribution in [1.29, 1.82) is 0 Å². The van der Waals surface area contributed by atoms with Gasteiger partial charge in [0.2, 0.25) is 0 Å². The SMILES string of the molecule is CCOc1cc(/C=c2/sc3n(c2=O)[C@@H](c2ccc(OC)cc2)C(C(=O)Nc2ccccc2)=C(C)N=3)ccc1OCc1ccc(F)cc1. The zero-order valence-electron chi connectivity index (χ0n) is 26.0. The van der Waals surface area contributed by atoms with Crippen LogP contribution in [0.5, 0.6) is 17.2 Å². The molecule has 6 rings (SSSR count). The van der Waals surface area contributed by atoms with Gasteiger partial charge in [0.25, 0.3) is 11.5 Å². The van der Waals surface area contributed by atoms with Crippen molar-refractivity contribution in [3.05, 3.63) is 151 Å². The summed E-state index contributed by atoms with van der Waals surface area (Å²) in [4.78, 5) is 33.1. The average Bonchev–Trinajstić information content (AvgIpc) is 3.38. The summed E-state index contributed by atoms with van der Waals surface area (Å²) >= 11 is 1.25. The number of methoxy groups -OCH3 is 1. The van der Waals surface area contributed by atoms with E-state index in [1.54, 1.807) is 55.0 Å². The number of para-hydroxylation sites is 1. The Bertz CT molecular complexity index is 2120. The van der Waals surface area contributed by atoms with Crippen LogP contribution in [0.4, 0.5) is 10.1 Å². The Kier molecular flexibility index (Phi) is 9.30. The number of halogens is 1. The van der Waals surface area contributed by atoms with Crippen LogP contribution in [-0.2, 0) is 11.4 Å². The third-order valence-electron chi connectivity index (χ3n) is 7.60. The Morgan fingerprint density at radius 2 is 1.72 bits per heavy atom. The van der Waals surface area contributed by atoms with Gasteiger partial charge in [-0.15, -0.1) is 0 Å². The fraction of sp³-hybridized carbons (Fsp3) is 0.162. The summed E-state index contributed by atoms with van der Waals surface area (Å²) in [7, 11) is 1.59. The predicted molar refractivity (Wildman–Crippen MR) is 180 cm³/mol. The highest BCUT2D eigenvalue weighted by molar-refractivity contribution is 7.07. The van der Waals surface area contributed by atoms with Crippen LogP contribution in [0.1, 0.15) is 36.6 Å². The number of carbonyl (C=O) groups excluding carboxylic acids is 1. The molecular formula is C37H32FN3O5S. The molecule has 0 saturated carbocycles. The third kappa shape index (κ3) is 6.87. The Labute approximate surface area is 274 Å². The summed E-state index contributed by atoms with van der Waals surface area (Å²) < 4.78 is 32.6. The summed E-state index contributed by atoms with van der Waals surface area (Å²) in [6.45, 7) is 4.31. The summed E-state index contributed by atoms with van der Waals surface area (Å²) in [5.74, 6) is 1.05. The molecule has 238 valence electrons. The number of hydrogen-bond donors (Lipinski definition) is 1. The van der Waals surface area contributed by atoms with Gasteiger partial charge >= 0.3 is 0 Å². The van der Waals surface area contributed by atoms with Crippen molar-refractivity contribution in [3.8, 4) is 17.2 Å². The van der Waals surface area contributed by atoms with Crippen molar-refractivity contribution < 1.29 is 23.4 Å². The van der Waals surface area contributed by atoms with Gasteiger partial charge in [-0.05, 0) is 85.1 Å². The van der Waals surface area contributed by atoms with Crippen molar-refractivity contribution in [2.75, 3.05) is 19.0 Å². The molecule has 0 saturated heterocycles. The fourth-order valence-electron chi connectivity index (χ4n) is 5.33. The van der Waals surface area contributed by atoms with E-state index < -0.39 is 6.04 Å². The van der Waals surface area contributed by atoms with E-state index in [0.29, 0.717) is 50.1 Å². The molecule has 0 bridgehead atoms. The molecule has 1 atom stereocenters. The lowest BCUT2D eigenvalue weighted by Crippen LogP contribution is -2.40. The van der Waals surface area contributed by atoms with Crippen LogP contribution in [-0.4, -0.2) is 24.2 Å². The van der Waals surface area contributed by atoms with Gasteiger partial charge in [-0.3, -0.25) is 14.2 Å². The molecule has 1 aliphatic rings. The first-order chi connectivity index (χ1) is 22.8. The number of aromatic nitrogens is 1. The number of nitrogens with one attached hydrogen (secondary N) is 1. The molecule has 1 N–H and O–H groups in total. The minimum Gasteiger partial charge on any atom is -0.497 e. The molecule has 8 nitrogen and oxygen atoms in total. The molecule has 2 heterocycles. The maximum Gasteiger partial charge on any atom is 0.271 e. The number of ether oxygens (including phenoxy) is 3. The second-order valence-corrected chi connectivity index (χ2v) is 11.7. The number of nitrogens with zero attached hydrogens (tertiary/aromatic N) is 2. The van der Waals surface area contributed by atoms with Crippen LogP contribution < -0.4 is 34.4 Å². The number of anilines is 1. The van der Waals surface area contributed by atoms with Gasteiger partial charge in [-0.1, -0.05) is 59.9 Å². The highest BCUT2D eigenvalue weighted by Gasteiger charge is 2.32. The number of thiazole rings is 1. The Hall–Kier alpha value is -5.48. The lowest BCUT2D eigenvalue weighted by Gasteiger charge is -2.25. The summed E-state index contributed by atoms with van der Waals surface area (Å²) in [6, 6.07) is 27.3. The molecule has 1 amide bonds. The number of amides is 1. The van der Waals surface area contributed by atoms with Crippen LogP contribution in [0.3, 0.4) is 0 Å². The molecule has 1 aromatic heterocycles. The maximum atomic E-state index is 14.1. The molecule has 1 aliphatic heterocycles. The lowest BCUT2D eigenvalue weighted by molar-refractivity contribution is -0.113.